The van der Waals surface area contributed by atoms with Gasteiger partial charge >= 0.3 is 88.8 Å². The van der Waals surface area contributed by atoms with Gasteiger partial charge in [-0.05, 0) is 0 Å². The maximum Gasteiger partial charge on any atom is 0.455 e. The Morgan fingerprint density at radius 1 is 0.353 bits per heavy atom. The lowest BCUT2D eigenvalue weighted by molar-refractivity contribution is -0.615. The third-order valence-corrected chi connectivity index (χ3v) is 8.21. The Morgan fingerprint density at radius 2 is 0.706 bits per heavy atom. The number of hydrogen-bond acceptors (Lipinski definition) is 27. The molecule has 27 nitrogen and oxygen atoms in total. The maximum atomic E-state index is 13.4. The lowest BCUT2D eigenvalue weighted by Crippen LogP contribution is -2.90. The zero-order chi connectivity index (χ0) is 38.0. The minimum absolute atomic E-state index is 1.64. The van der Waals surface area contributed by atoms with Crippen molar-refractivity contribution < 1.29 is 132 Å². The second-order valence-corrected chi connectivity index (χ2v) is 11.9. The molecule has 0 aromatic heterocycles. The SMILES string of the molecule is O=C1CC2(O)CC(=O)OC(O)(OC2=O)[C@@]2(O)OC(=O)CC3(O)CC(=O)O[C@@](O)([C@]4(OO1)OC(=O)CC1(O)CC(=O)OC4(O)OC1=O)[C@@]2(O)OC3=O. The van der Waals surface area contributed by atoms with Gasteiger partial charge < -0.3 is 78.7 Å². The Bertz CT molecular complexity index is 1740. The van der Waals surface area contributed by atoms with Crippen molar-refractivity contribution in [2.24, 2.45) is 0 Å². The van der Waals surface area contributed by atoms with Crippen LogP contribution in [0.25, 0.3) is 0 Å². The fourth-order valence-electron chi connectivity index (χ4n) is 5.70. The Balaban J connectivity index is 1.78. The summed E-state index contributed by atoms with van der Waals surface area (Å²) in [5.74, 6) is -52.4. The molecule has 1 spiro atoms. The molecule has 0 amide bonds. The van der Waals surface area contributed by atoms with Crippen LogP contribution >= 0.6 is 0 Å². The van der Waals surface area contributed by atoms with Crippen molar-refractivity contribution in [1.82, 2.24) is 0 Å². The van der Waals surface area contributed by atoms with Crippen molar-refractivity contribution in [3.63, 3.8) is 0 Å². The molecule has 0 radical (unpaired) electrons. The first-order valence-electron chi connectivity index (χ1n) is 13.7. The van der Waals surface area contributed by atoms with Gasteiger partial charge in [0.05, 0.1) is 38.5 Å². The van der Waals surface area contributed by atoms with E-state index in [4.69, 9.17) is 4.74 Å². The third kappa shape index (κ3) is 4.60. The normalized spacial score (nSPS) is 47.2. The number of carbonyl (C=O) groups excluding carboxylic acids is 9. The van der Waals surface area contributed by atoms with Gasteiger partial charge in [0.2, 0.25) is 0 Å². The van der Waals surface area contributed by atoms with Gasteiger partial charge in [-0.25, -0.2) is 19.2 Å². The van der Waals surface area contributed by atoms with Crippen molar-refractivity contribution in [2.75, 3.05) is 0 Å². The quantitative estimate of drug-likeness (QED) is 0.0649. The van der Waals surface area contributed by atoms with Crippen LogP contribution in [0.15, 0.2) is 0 Å². The minimum Gasteiger partial charge on any atom is -0.419 e. The summed E-state index contributed by atoms with van der Waals surface area (Å²) in [5, 5.41) is 92.1. The molecule has 278 valence electrons. The fourth-order valence-corrected chi connectivity index (χ4v) is 5.70. The summed E-state index contributed by atoms with van der Waals surface area (Å²) in [6.45, 7) is 0. The van der Waals surface area contributed by atoms with Crippen LogP contribution in [0.4, 0.5) is 0 Å². The highest BCUT2D eigenvalue weighted by Crippen LogP contribution is 2.57. The van der Waals surface area contributed by atoms with Crippen LogP contribution in [-0.4, -0.2) is 146 Å². The Morgan fingerprint density at radius 3 is 1.20 bits per heavy atom. The van der Waals surface area contributed by atoms with Crippen LogP contribution < -0.4 is 0 Å². The summed E-state index contributed by atoms with van der Waals surface area (Å²) in [7, 11) is 0. The number of esters is 8. The molecule has 6 saturated heterocycles. The highest BCUT2D eigenvalue weighted by Gasteiger charge is 2.95. The number of ether oxygens (including phenoxy) is 8. The average Bonchev–Trinajstić information content (AvgIpc) is 3.08. The predicted octanol–water partition coefficient (Wildman–Crippen LogP) is -8.52. The standard InChI is InChI=1S/C24H20O27/c25-7-1-16(34)2-8(26)43-21(39)19(37,47-13(16)31)20(38,42-7)22(24(41)46-11(29)5-17(35,15(33)49-24)3-9(27)44-22)51-50-12(30)6-18(36)4-10(28)45-23(21,40)48-14(18)32/h34-41H,1-6H2/t16?,17?,18?,19-,20-,21+,22-,23?,24?/m1/s1. The maximum absolute atomic E-state index is 13.4. The summed E-state index contributed by atoms with van der Waals surface area (Å²) in [6, 6.07) is 0. The van der Waals surface area contributed by atoms with Crippen LogP contribution in [0.1, 0.15) is 38.5 Å². The van der Waals surface area contributed by atoms with E-state index in [0.717, 1.165) is 0 Å². The molecule has 0 aromatic rings. The molecule has 51 heavy (non-hydrogen) atoms. The molecule has 0 aliphatic carbocycles. The molecular weight excluding hydrogens is 720 g/mol. The summed E-state index contributed by atoms with van der Waals surface area (Å²) in [6.07, 6.45) is -10.9. The van der Waals surface area contributed by atoms with Gasteiger partial charge in [-0.3, -0.25) is 28.9 Å². The van der Waals surface area contributed by atoms with Gasteiger partial charge in [0.25, 0.3) is 0 Å². The number of rotatable bonds is 0. The largest absolute Gasteiger partial charge is 0.455 e. The van der Waals surface area contributed by atoms with Gasteiger partial charge in [-0.1, -0.05) is 0 Å². The number of fused-ring (bicyclic) bond motifs is 11. The lowest BCUT2D eigenvalue weighted by atomic mass is 9.82. The first kappa shape index (κ1) is 35.7. The van der Waals surface area contributed by atoms with Gasteiger partial charge in [-0.2, -0.15) is 0 Å². The van der Waals surface area contributed by atoms with E-state index in [0.29, 0.717) is 0 Å². The number of aliphatic hydroxyl groups is 8. The molecule has 6 bridgehead atoms. The minimum atomic E-state index is -5.61. The van der Waals surface area contributed by atoms with Crippen LogP contribution in [0, 0.1) is 0 Å². The summed E-state index contributed by atoms with van der Waals surface area (Å²) in [5.41, 5.74) is -10.5. The number of hydrogen-bond donors (Lipinski definition) is 8. The number of carbonyl (C=O) groups is 9. The molecule has 9 atom stereocenters. The molecule has 6 aliphatic rings. The molecule has 6 heterocycles. The Labute approximate surface area is 276 Å². The van der Waals surface area contributed by atoms with E-state index in [2.05, 4.69) is 42.9 Å². The summed E-state index contributed by atoms with van der Waals surface area (Å²) in [4.78, 5) is 127. The van der Waals surface area contributed by atoms with E-state index in [-0.39, 0.29) is 0 Å². The van der Waals surface area contributed by atoms with Crippen LogP contribution in [-0.2, 0) is 90.8 Å². The zero-order valence-electron chi connectivity index (χ0n) is 24.6. The van der Waals surface area contributed by atoms with E-state index in [1.54, 1.807) is 0 Å². The van der Waals surface area contributed by atoms with E-state index >= 15 is 0 Å². The molecule has 27 heteroatoms. The van der Waals surface area contributed by atoms with E-state index in [1.165, 1.54) is 0 Å². The van der Waals surface area contributed by atoms with Crippen molar-refractivity contribution in [3.8, 4) is 0 Å². The van der Waals surface area contributed by atoms with Crippen LogP contribution in [0.2, 0.25) is 0 Å². The van der Waals surface area contributed by atoms with E-state index < -0.39 is 144 Å². The molecule has 6 rings (SSSR count). The van der Waals surface area contributed by atoms with E-state index in [9.17, 15) is 84.0 Å². The van der Waals surface area contributed by atoms with Crippen molar-refractivity contribution >= 4 is 53.7 Å². The zero-order valence-corrected chi connectivity index (χ0v) is 24.6. The Hall–Kier alpha value is -5.13. The van der Waals surface area contributed by atoms with Gasteiger partial charge in [-0.15, -0.1) is 4.89 Å². The molecule has 8 N–H and O–H groups in total. The fraction of sp³-hybridized carbons (Fsp3) is 0.625. The highest BCUT2D eigenvalue weighted by atomic mass is 17.3. The van der Waals surface area contributed by atoms with Crippen LogP contribution in [0.3, 0.4) is 0 Å². The Kier molecular flexibility index (Phi) is 7.16. The van der Waals surface area contributed by atoms with Crippen molar-refractivity contribution in [1.29, 1.82) is 0 Å². The third-order valence-electron chi connectivity index (χ3n) is 8.21. The smallest absolute Gasteiger partial charge is 0.419 e. The molecule has 0 saturated carbocycles. The topological polar surface area (TPSA) is 408 Å². The molecule has 0 aromatic carbocycles. The predicted molar refractivity (Wildman–Crippen MR) is 126 cm³/mol. The average molecular weight is 740 g/mol. The second kappa shape index (κ2) is 10.2. The first-order chi connectivity index (χ1) is 23.2. The second-order valence-electron chi connectivity index (χ2n) is 11.9. The van der Waals surface area contributed by atoms with Gasteiger partial charge in [0, 0.05) is 0 Å². The molecule has 6 aliphatic heterocycles. The van der Waals surface area contributed by atoms with Crippen molar-refractivity contribution in [2.45, 2.75) is 90.4 Å². The molecule has 6 fully saturated rings. The van der Waals surface area contributed by atoms with Crippen LogP contribution in [0.5, 0.6) is 0 Å². The highest BCUT2D eigenvalue weighted by molar-refractivity contribution is 5.94. The summed E-state index contributed by atoms with van der Waals surface area (Å²) < 4.78 is 36.4. The van der Waals surface area contributed by atoms with E-state index in [1.807, 2.05) is 0 Å². The lowest BCUT2D eigenvalue weighted by Gasteiger charge is -2.57. The monoisotopic (exact) mass is 740 g/mol. The molecule has 5 unspecified atom stereocenters. The van der Waals surface area contributed by atoms with Gasteiger partial charge in [0.15, 0.2) is 16.8 Å². The first-order valence-corrected chi connectivity index (χ1v) is 13.7. The van der Waals surface area contributed by atoms with Crippen molar-refractivity contribution in [3.05, 3.63) is 0 Å². The summed E-state index contributed by atoms with van der Waals surface area (Å²) >= 11 is 0. The van der Waals surface area contributed by atoms with Gasteiger partial charge in [0.1, 0.15) is 0 Å². The molecular formula is C24H20O27.